The third-order valence-corrected chi connectivity index (χ3v) is 5.38. The number of hydrogen-bond acceptors (Lipinski definition) is 5. The molecule has 1 aromatic carbocycles. The van der Waals surface area contributed by atoms with Crippen molar-refractivity contribution in [3.05, 3.63) is 33.9 Å². The molecule has 0 spiro atoms. The molecule has 1 aromatic rings. The summed E-state index contributed by atoms with van der Waals surface area (Å²) in [6.45, 7) is 4.63. The maximum atomic E-state index is 12.7. The first-order valence-electron chi connectivity index (χ1n) is 6.31. The lowest BCUT2D eigenvalue weighted by atomic mass is 10.2. The molecule has 0 amide bonds. The second-order valence-electron chi connectivity index (χ2n) is 4.90. The fraction of sp³-hybridized carbons (Fsp3) is 0.500. The van der Waals surface area contributed by atoms with Gasteiger partial charge in [0.2, 0.25) is 10.0 Å². The van der Waals surface area contributed by atoms with Crippen LogP contribution in [0.1, 0.15) is 12.5 Å². The van der Waals surface area contributed by atoms with E-state index in [9.17, 15) is 18.5 Å². The van der Waals surface area contributed by atoms with Crippen LogP contribution in [-0.4, -0.2) is 43.3 Å². The average Bonchev–Trinajstić information content (AvgIpc) is 2.38. The number of nitrogens with one attached hydrogen (secondary N) is 1. The summed E-state index contributed by atoms with van der Waals surface area (Å²) in [6.07, 6.45) is 0. The molecule has 1 fully saturated rings. The zero-order valence-corrected chi connectivity index (χ0v) is 12.2. The Labute approximate surface area is 117 Å². The van der Waals surface area contributed by atoms with Gasteiger partial charge in [0.25, 0.3) is 5.69 Å². The normalized spacial score (nSPS) is 20.8. The first-order chi connectivity index (χ1) is 9.34. The van der Waals surface area contributed by atoms with Gasteiger partial charge in [-0.05, 0) is 19.4 Å². The van der Waals surface area contributed by atoms with Crippen LogP contribution in [0.25, 0.3) is 0 Å². The smallest absolute Gasteiger partial charge is 0.289 e. The summed E-state index contributed by atoms with van der Waals surface area (Å²) < 4.78 is 26.7. The average molecular weight is 299 g/mol. The first kappa shape index (κ1) is 14.9. The minimum atomic E-state index is -3.85. The second kappa shape index (κ2) is 5.47. The Bertz CT molecular complexity index is 630. The Morgan fingerprint density at radius 3 is 2.75 bits per heavy atom. The molecule has 0 radical (unpaired) electrons. The number of hydrogen-bond donors (Lipinski definition) is 1. The lowest BCUT2D eigenvalue weighted by Gasteiger charge is -2.31. The highest BCUT2D eigenvalue weighted by Gasteiger charge is 2.35. The predicted octanol–water partition coefficient (Wildman–Crippen LogP) is 0.886. The minimum absolute atomic E-state index is 0.0293. The Morgan fingerprint density at radius 2 is 2.15 bits per heavy atom. The van der Waals surface area contributed by atoms with Gasteiger partial charge in [-0.25, -0.2) is 8.42 Å². The number of nitro groups is 1. The van der Waals surface area contributed by atoms with Crippen molar-refractivity contribution in [1.29, 1.82) is 0 Å². The zero-order valence-electron chi connectivity index (χ0n) is 11.4. The van der Waals surface area contributed by atoms with Gasteiger partial charge in [-0.1, -0.05) is 12.1 Å². The minimum Gasteiger partial charge on any atom is -0.312 e. The Balaban J connectivity index is 2.52. The van der Waals surface area contributed by atoms with Crippen molar-refractivity contribution < 1.29 is 13.3 Å². The molecule has 1 heterocycles. The quantitative estimate of drug-likeness (QED) is 0.661. The van der Waals surface area contributed by atoms with Crippen LogP contribution < -0.4 is 5.32 Å². The van der Waals surface area contributed by atoms with E-state index in [1.165, 1.54) is 16.4 Å². The molecule has 20 heavy (non-hydrogen) atoms. The highest BCUT2D eigenvalue weighted by Crippen LogP contribution is 2.30. The molecule has 7 nitrogen and oxygen atoms in total. The Morgan fingerprint density at radius 1 is 1.45 bits per heavy atom. The fourth-order valence-electron chi connectivity index (χ4n) is 2.36. The first-order valence-corrected chi connectivity index (χ1v) is 7.75. The summed E-state index contributed by atoms with van der Waals surface area (Å²) in [5, 5.41) is 14.2. The summed E-state index contributed by atoms with van der Waals surface area (Å²) in [6, 6.07) is 4.32. The van der Waals surface area contributed by atoms with Gasteiger partial charge in [-0.3, -0.25) is 10.1 Å². The van der Waals surface area contributed by atoms with Crippen molar-refractivity contribution >= 4 is 15.7 Å². The lowest BCUT2D eigenvalue weighted by molar-refractivity contribution is -0.387. The number of nitro benzene ring substituents is 1. The molecule has 8 heteroatoms. The lowest BCUT2D eigenvalue weighted by Crippen LogP contribution is -2.51. The van der Waals surface area contributed by atoms with Crippen molar-refractivity contribution in [1.82, 2.24) is 9.62 Å². The molecule has 0 unspecified atom stereocenters. The maximum Gasteiger partial charge on any atom is 0.289 e. The number of piperazine rings is 1. The van der Waals surface area contributed by atoms with Crippen molar-refractivity contribution in [2.24, 2.45) is 0 Å². The largest absolute Gasteiger partial charge is 0.312 e. The third-order valence-electron chi connectivity index (χ3n) is 3.32. The number of sulfonamides is 1. The topological polar surface area (TPSA) is 92.5 Å². The van der Waals surface area contributed by atoms with Gasteiger partial charge in [0.15, 0.2) is 4.90 Å². The van der Waals surface area contributed by atoms with Crippen LogP contribution in [0.5, 0.6) is 0 Å². The van der Waals surface area contributed by atoms with Crippen molar-refractivity contribution in [3.63, 3.8) is 0 Å². The van der Waals surface area contributed by atoms with Crippen LogP contribution in [0.4, 0.5) is 5.69 Å². The van der Waals surface area contributed by atoms with Crippen molar-refractivity contribution in [2.45, 2.75) is 24.8 Å². The summed E-state index contributed by atoms with van der Waals surface area (Å²) in [5.41, 5.74) is 0.0292. The summed E-state index contributed by atoms with van der Waals surface area (Å²) in [5.74, 6) is 0. The van der Waals surface area contributed by atoms with Gasteiger partial charge in [0.05, 0.1) is 4.92 Å². The summed E-state index contributed by atoms with van der Waals surface area (Å²) >= 11 is 0. The van der Waals surface area contributed by atoms with E-state index >= 15 is 0 Å². The summed E-state index contributed by atoms with van der Waals surface area (Å²) in [7, 11) is -3.85. The molecule has 2 rings (SSSR count). The Hall–Kier alpha value is -1.51. The molecule has 0 aliphatic carbocycles. The molecule has 110 valence electrons. The SMILES string of the molecule is Cc1cccc([N+](=O)[O-])c1S(=O)(=O)N1CCN[C@@H](C)C1. The van der Waals surface area contributed by atoms with E-state index in [2.05, 4.69) is 5.32 Å². The molecule has 0 aromatic heterocycles. The maximum absolute atomic E-state index is 12.7. The van der Waals surface area contributed by atoms with Crippen LogP contribution in [-0.2, 0) is 10.0 Å². The summed E-state index contributed by atoms with van der Waals surface area (Å²) in [4.78, 5) is 10.2. The molecule has 1 saturated heterocycles. The third kappa shape index (κ3) is 2.67. The molecular formula is C12H17N3O4S. The van der Waals surface area contributed by atoms with E-state index in [1.807, 2.05) is 6.92 Å². The molecule has 1 atom stereocenters. The van der Waals surface area contributed by atoms with E-state index in [-0.39, 0.29) is 16.6 Å². The van der Waals surface area contributed by atoms with Crippen LogP contribution in [0, 0.1) is 17.0 Å². The number of nitrogens with zero attached hydrogens (tertiary/aromatic N) is 2. The van der Waals surface area contributed by atoms with Crippen molar-refractivity contribution in [3.8, 4) is 0 Å². The molecule has 1 aliphatic heterocycles. The van der Waals surface area contributed by atoms with Crippen LogP contribution >= 0.6 is 0 Å². The van der Waals surface area contributed by atoms with Crippen molar-refractivity contribution in [2.75, 3.05) is 19.6 Å². The van der Waals surface area contributed by atoms with Gasteiger partial charge in [0, 0.05) is 31.7 Å². The molecule has 1 N–H and O–H groups in total. The molecule has 0 saturated carbocycles. The molecule has 1 aliphatic rings. The van der Waals surface area contributed by atoms with Gasteiger partial charge < -0.3 is 5.32 Å². The zero-order chi connectivity index (χ0) is 14.9. The second-order valence-corrected chi connectivity index (χ2v) is 6.77. The standard InChI is InChI=1S/C12H17N3O4S/c1-9-4-3-5-11(15(16)17)12(9)20(18,19)14-7-6-13-10(2)8-14/h3-5,10,13H,6-8H2,1-2H3/t10-/m0/s1. The van der Waals surface area contributed by atoms with Crippen LogP contribution in [0.2, 0.25) is 0 Å². The van der Waals surface area contributed by atoms with Gasteiger partial charge in [0.1, 0.15) is 0 Å². The van der Waals surface area contributed by atoms with E-state index in [1.54, 1.807) is 13.0 Å². The number of aryl methyl sites for hydroxylation is 1. The van der Waals surface area contributed by atoms with Gasteiger partial charge in [-0.2, -0.15) is 4.31 Å². The predicted molar refractivity (Wildman–Crippen MR) is 74.1 cm³/mol. The molecule has 0 bridgehead atoms. The highest BCUT2D eigenvalue weighted by molar-refractivity contribution is 7.89. The van der Waals surface area contributed by atoms with E-state index in [0.29, 0.717) is 25.2 Å². The monoisotopic (exact) mass is 299 g/mol. The van der Waals surface area contributed by atoms with Gasteiger partial charge >= 0.3 is 0 Å². The highest BCUT2D eigenvalue weighted by atomic mass is 32.2. The number of rotatable bonds is 3. The Kier molecular flexibility index (Phi) is 4.07. The van der Waals surface area contributed by atoms with Crippen LogP contribution in [0.15, 0.2) is 23.1 Å². The van der Waals surface area contributed by atoms with Gasteiger partial charge in [-0.15, -0.1) is 0 Å². The molecular weight excluding hydrogens is 282 g/mol. The van der Waals surface area contributed by atoms with E-state index in [0.717, 1.165) is 0 Å². The number of benzene rings is 1. The van der Waals surface area contributed by atoms with E-state index in [4.69, 9.17) is 0 Å². The van der Waals surface area contributed by atoms with Crippen LogP contribution in [0.3, 0.4) is 0 Å². The van der Waals surface area contributed by atoms with E-state index < -0.39 is 14.9 Å². The fourth-order valence-corrected chi connectivity index (χ4v) is 4.25.